The monoisotopic (exact) mass is 148 g/mol. The van der Waals surface area contributed by atoms with Gasteiger partial charge in [-0.3, -0.25) is 4.98 Å². The molecule has 0 unspecified atom stereocenters. The molecule has 1 aromatic rings. The molecule has 0 aliphatic heterocycles. The zero-order valence-electron chi connectivity index (χ0n) is 6.67. The molecule has 0 bridgehead atoms. The van der Waals surface area contributed by atoms with Gasteiger partial charge in [0.25, 0.3) is 0 Å². The van der Waals surface area contributed by atoms with Gasteiger partial charge in [-0.05, 0) is 31.9 Å². The number of nitrogens with zero attached hydrogens (tertiary/aromatic N) is 1. The number of nitrogen functional groups attached to an aromatic ring is 1. The summed E-state index contributed by atoms with van der Waals surface area (Å²) < 4.78 is 0. The van der Waals surface area contributed by atoms with Crippen LogP contribution < -0.4 is 5.73 Å². The fraction of sp³-hybridized carbons (Fsp3) is 0.444. The first kappa shape index (κ1) is 6.65. The number of nitrogens with two attached hydrogens (primary N) is 1. The zero-order chi connectivity index (χ0) is 7.84. The minimum Gasteiger partial charge on any atom is -0.397 e. The lowest BCUT2D eigenvalue weighted by atomic mass is 10.2. The van der Waals surface area contributed by atoms with Crippen molar-refractivity contribution in [2.75, 3.05) is 5.73 Å². The molecule has 1 aliphatic rings. The van der Waals surface area contributed by atoms with Gasteiger partial charge in [0, 0.05) is 11.6 Å². The Morgan fingerprint density at radius 1 is 1.45 bits per heavy atom. The zero-order valence-corrected chi connectivity index (χ0v) is 6.67. The van der Waals surface area contributed by atoms with E-state index in [0.29, 0.717) is 0 Å². The van der Waals surface area contributed by atoms with Crippen LogP contribution in [-0.4, -0.2) is 4.98 Å². The quantitative estimate of drug-likeness (QED) is 0.660. The molecule has 58 valence electrons. The van der Waals surface area contributed by atoms with E-state index in [2.05, 4.69) is 4.98 Å². The number of aryl methyl sites for hydroxylation is 1. The molecule has 0 amide bonds. The maximum absolute atomic E-state index is 5.65. The van der Waals surface area contributed by atoms with Gasteiger partial charge in [-0.2, -0.15) is 0 Å². The first-order valence-electron chi connectivity index (χ1n) is 4.00. The van der Waals surface area contributed by atoms with Crippen molar-refractivity contribution in [3.8, 4) is 0 Å². The lowest BCUT2D eigenvalue weighted by Crippen LogP contribution is -1.95. The third kappa shape index (κ3) is 1.20. The molecule has 0 aromatic carbocycles. The molecule has 0 saturated heterocycles. The largest absolute Gasteiger partial charge is 0.397 e. The lowest BCUT2D eigenvalue weighted by Gasteiger charge is -2.01. The van der Waals surface area contributed by atoms with Gasteiger partial charge < -0.3 is 5.73 Å². The Labute approximate surface area is 66.4 Å². The van der Waals surface area contributed by atoms with Crippen LogP contribution in [0.3, 0.4) is 0 Å². The van der Waals surface area contributed by atoms with Crippen molar-refractivity contribution in [2.45, 2.75) is 25.7 Å². The Balaban J connectivity index is 2.36. The first-order chi connectivity index (χ1) is 5.27. The molecule has 0 radical (unpaired) electrons. The van der Waals surface area contributed by atoms with Crippen molar-refractivity contribution in [1.29, 1.82) is 0 Å². The predicted octanol–water partition coefficient (Wildman–Crippen LogP) is 1.85. The molecular formula is C9H12N2. The average Bonchev–Trinajstić information content (AvgIpc) is 2.77. The van der Waals surface area contributed by atoms with E-state index >= 15 is 0 Å². The molecule has 1 heterocycles. The highest BCUT2D eigenvalue weighted by Gasteiger charge is 2.24. The summed E-state index contributed by atoms with van der Waals surface area (Å²) in [6, 6.07) is 4.00. The molecule has 1 aromatic heterocycles. The van der Waals surface area contributed by atoms with Crippen LogP contribution in [0.4, 0.5) is 5.69 Å². The summed E-state index contributed by atoms with van der Waals surface area (Å²) in [6.07, 6.45) is 2.60. The molecule has 1 saturated carbocycles. The van der Waals surface area contributed by atoms with E-state index in [1.54, 1.807) is 0 Å². The maximum Gasteiger partial charge on any atom is 0.0605 e. The summed E-state index contributed by atoms with van der Waals surface area (Å²) in [5.74, 6) is 0.731. The van der Waals surface area contributed by atoms with E-state index < -0.39 is 0 Å². The predicted molar refractivity (Wildman–Crippen MR) is 45.4 cm³/mol. The second kappa shape index (κ2) is 2.22. The molecule has 0 atom stereocenters. The van der Waals surface area contributed by atoms with E-state index in [9.17, 15) is 0 Å². The summed E-state index contributed by atoms with van der Waals surface area (Å²) in [7, 11) is 0. The average molecular weight is 148 g/mol. The molecule has 2 N–H and O–H groups in total. The minimum atomic E-state index is 0.731. The normalized spacial score (nSPS) is 16.8. The van der Waals surface area contributed by atoms with E-state index in [1.165, 1.54) is 18.5 Å². The van der Waals surface area contributed by atoms with Crippen LogP contribution in [0.15, 0.2) is 12.1 Å². The number of aromatic nitrogens is 1. The summed E-state index contributed by atoms with van der Waals surface area (Å²) in [5.41, 5.74) is 8.63. The first-order valence-corrected chi connectivity index (χ1v) is 4.00. The number of anilines is 1. The fourth-order valence-corrected chi connectivity index (χ4v) is 1.20. The van der Waals surface area contributed by atoms with Crippen molar-refractivity contribution < 1.29 is 0 Å². The van der Waals surface area contributed by atoms with Gasteiger partial charge in [0.05, 0.1) is 11.4 Å². The van der Waals surface area contributed by atoms with Crippen LogP contribution in [0.25, 0.3) is 0 Å². The lowest BCUT2D eigenvalue weighted by molar-refractivity contribution is 0.997. The molecule has 1 aliphatic carbocycles. The van der Waals surface area contributed by atoms with Gasteiger partial charge in [-0.25, -0.2) is 0 Å². The number of hydrogen-bond donors (Lipinski definition) is 1. The van der Waals surface area contributed by atoms with Gasteiger partial charge >= 0.3 is 0 Å². The Morgan fingerprint density at radius 2 is 2.18 bits per heavy atom. The van der Waals surface area contributed by atoms with Crippen LogP contribution in [0, 0.1) is 6.92 Å². The molecule has 11 heavy (non-hydrogen) atoms. The summed E-state index contributed by atoms with van der Waals surface area (Å²) in [4.78, 5) is 4.41. The van der Waals surface area contributed by atoms with E-state index in [-0.39, 0.29) is 0 Å². The Morgan fingerprint density at radius 3 is 2.73 bits per heavy atom. The molecular weight excluding hydrogens is 136 g/mol. The van der Waals surface area contributed by atoms with Gasteiger partial charge in [0.1, 0.15) is 0 Å². The summed E-state index contributed by atoms with van der Waals surface area (Å²) in [6.45, 7) is 1.96. The molecule has 2 nitrogen and oxygen atoms in total. The second-order valence-electron chi connectivity index (χ2n) is 3.19. The SMILES string of the molecule is Cc1nc(C2CC2)ccc1N. The third-order valence-corrected chi connectivity index (χ3v) is 2.14. The van der Waals surface area contributed by atoms with Crippen molar-refractivity contribution in [1.82, 2.24) is 4.98 Å². The van der Waals surface area contributed by atoms with Gasteiger partial charge in [-0.15, -0.1) is 0 Å². The van der Waals surface area contributed by atoms with Crippen LogP contribution in [-0.2, 0) is 0 Å². The van der Waals surface area contributed by atoms with Crippen LogP contribution in [0.1, 0.15) is 30.1 Å². The van der Waals surface area contributed by atoms with Crippen molar-refractivity contribution in [3.63, 3.8) is 0 Å². The van der Waals surface area contributed by atoms with E-state index in [0.717, 1.165) is 17.3 Å². The Hall–Kier alpha value is -1.05. The van der Waals surface area contributed by atoms with Gasteiger partial charge in [0.15, 0.2) is 0 Å². The summed E-state index contributed by atoms with van der Waals surface area (Å²) >= 11 is 0. The van der Waals surface area contributed by atoms with Gasteiger partial charge in [-0.1, -0.05) is 0 Å². The number of hydrogen-bond acceptors (Lipinski definition) is 2. The second-order valence-corrected chi connectivity index (χ2v) is 3.19. The molecule has 2 rings (SSSR count). The highest BCUT2D eigenvalue weighted by atomic mass is 14.8. The highest BCUT2D eigenvalue weighted by molar-refractivity contribution is 5.43. The molecule has 0 spiro atoms. The van der Waals surface area contributed by atoms with Crippen LogP contribution in [0.5, 0.6) is 0 Å². The van der Waals surface area contributed by atoms with Crippen molar-refractivity contribution in [2.24, 2.45) is 0 Å². The van der Waals surface area contributed by atoms with E-state index in [1.807, 2.05) is 19.1 Å². The summed E-state index contributed by atoms with van der Waals surface area (Å²) in [5, 5.41) is 0. The van der Waals surface area contributed by atoms with E-state index in [4.69, 9.17) is 5.73 Å². The van der Waals surface area contributed by atoms with Crippen molar-refractivity contribution >= 4 is 5.69 Å². The Bertz CT molecular complexity index is 277. The number of pyridine rings is 1. The third-order valence-electron chi connectivity index (χ3n) is 2.14. The highest BCUT2D eigenvalue weighted by Crippen LogP contribution is 2.39. The Kier molecular flexibility index (Phi) is 1.34. The van der Waals surface area contributed by atoms with Crippen LogP contribution >= 0.6 is 0 Å². The topological polar surface area (TPSA) is 38.9 Å². The van der Waals surface area contributed by atoms with Crippen molar-refractivity contribution in [3.05, 3.63) is 23.5 Å². The number of rotatable bonds is 1. The maximum atomic E-state index is 5.65. The van der Waals surface area contributed by atoms with Gasteiger partial charge in [0.2, 0.25) is 0 Å². The fourth-order valence-electron chi connectivity index (χ4n) is 1.20. The standard InChI is InChI=1S/C9H12N2/c1-6-8(10)4-5-9(11-6)7-2-3-7/h4-5,7H,2-3,10H2,1H3. The minimum absolute atomic E-state index is 0.731. The molecule has 2 heteroatoms. The smallest absolute Gasteiger partial charge is 0.0605 e. The van der Waals surface area contributed by atoms with Crippen LogP contribution in [0.2, 0.25) is 0 Å². The molecule has 1 fully saturated rings.